The molecule has 0 radical (unpaired) electrons. The summed E-state index contributed by atoms with van der Waals surface area (Å²) in [5.74, 6) is -0.891. The number of aromatic nitrogens is 1. The fraction of sp³-hybridized carbons (Fsp3) is 0.0625. The molecule has 100 valence electrons. The number of aromatic carboxylic acids is 1. The van der Waals surface area contributed by atoms with Crippen molar-refractivity contribution in [2.45, 2.75) is 6.54 Å². The van der Waals surface area contributed by atoms with E-state index >= 15 is 0 Å². The lowest BCUT2D eigenvalue weighted by Gasteiger charge is -2.09. The van der Waals surface area contributed by atoms with E-state index in [1.807, 2.05) is 42.6 Å². The van der Waals surface area contributed by atoms with Crippen LogP contribution < -0.4 is 0 Å². The van der Waals surface area contributed by atoms with Gasteiger partial charge < -0.3 is 9.67 Å². The number of hydrogen-bond donors (Lipinski definition) is 1. The maximum absolute atomic E-state index is 11.3. The molecule has 0 atom stereocenters. The number of nitrogens with zero attached hydrogens (tertiary/aromatic N) is 1. The largest absolute Gasteiger partial charge is 0.478 e. The van der Waals surface area contributed by atoms with Crippen molar-refractivity contribution < 1.29 is 9.90 Å². The van der Waals surface area contributed by atoms with Crippen LogP contribution in [-0.4, -0.2) is 15.6 Å². The minimum Gasteiger partial charge on any atom is -0.478 e. The van der Waals surface area contributed by atoms with E-state index < -0.39 is 5.97 Å². The number of carbonyl (C=O) groups is 1. The Morgan fingerprint density at radius 3 is 2.70 bits per heavy atom. The molecule has 0 saturated heterocycles. The molecule has 0 spiro atoms. The molecule has 0 saturated carbocycles. The van der Waals surface area contributed by atoms with Gasteiger partial charge in [-0.05, 0) is 29.8 Å². The van der Waals surface area contributed by atoms with E-state index in [0.717, 1.165) is 20.9 Å². The topological polar surface area (TPSA) is 42.2 Å². The second kappa shape index (κ2) is 5.13. The minimum absolute atomic E-state index is 0.351. The third kappa shape index (κ3) is 2.23. The van der Waals surface area contributed by atoms with Crippen LogP contribution in [0.2, 0.25) is 0 Å². The lowest BCUT2D eigenvalue weighted by atomic mass is 10.1. The van der Waals surface area contributed by atoms with Crippen LogP contribution in [0, 0.1) is 0 Å². The molecule has 1 N–H and O–H groups in total. The van der Waals surface area contributed by atoms with E-state index in [9.17, 15) is 9.90 Å². The van der Waals surface area contributed by atoms with E-state index in [-0.39, 0.29) is 0 Å². The molecule has 2 aromatic carbocycles. The van der Waals surface area contributed by atoms with Crippen LogP contribution in [0.3, 0.4) is 0 Å². The van der Waals surface area contributed by atoms with Crippen LogP contribution in [-0.2, 0) is 6.54 Å². The van der Waals surface area contributed by atoms with Gasteiger partial charge in [0.05, 0.1) is 5.56 Å². The first-order valence-corrected chi connectivity index (χ1v) is 7.00. The first-order chi connectivity index (χ1) is 9.66. The van der Waals surface area contributed by atoms with E-state index in [1.54, 1.807) is 12.1 Å². The van der Waals surface area contributed by atoms with Gasteiger partial charge in [0.25, 0.3) is 0 Å². The van der Waals surface area contributed by atoms with Crippen molar-refractivity contribution in [3.8, 4) is 0 Å². The number of hydrogen-bond acceptors (Lipinski definition) is 1. The standard InChI is InChI=1S/C16H12BrNO2/c17-14-6-3-7-15-13(14)8-9-18(15)10-11-4-1-2-5-12(11)16(19)20/h1-9H,10H2,(H,19,20). The van der Waals surface area contributed by atoms with Gasteiger partial charge in [-0.1, -0.05) is 40.2 Å². The summed E-state index contributed by atoms with van der Waals surface area (Å²) in [6.07, 6.45) is 1.98. The molecule has 0 aliphatic heterocycles. The lowest BCUT2D eigenvalue weighted by Crippen LogP contribution is -2.06. The molecule has 1 heterocycles. The van der Waals surface area contributed by atoms with Gasteiger partial charge in [0, 0.05) is 28.1 Å². The zero-order valence-electron chi connectivity index (χ0n) is 10.6. The van der Waals surface area contributed by atoms with Crippen molar-refractivity contribution in [3.05, 3.63) is 70.3 Å². The number of fused-ring (bicyclic) bond motifs is 1. The van der Waals surface area contributed by atoms with E-state index in [4.69, 9.17) is 0 Å². The maximum Gasteiger partial charge on any atom is 0.336 e. The van der Waals surface area contributed by atoms with Gasteiger partial charge >= 0.3 is 5.97 Å². The SMILES string of the molecule is O=C(O)c1ccccc1Cn1ccc2c(Br)cccc21. The quantitative estimate of drug-likeness (QED) is 0.784. The van der Waals surface area contributed by atoms with Crippen LogP contribution in [0.5, 0.6) is 0 Å². The summed E-state index contributed by atoms with van der Waals surface area (Å²) in [5.41, 5.74) is 2.24. The Morgan fingerprint density at radius 2 is 1.90 bits per heavy atom. The van der Waals surface area contributed by atoms with Gasteiger partial charge in [0.2, 0.25) is 0 Å². The predicted octanol–water partition coefficient (Wildman–Crippen LogP) is 4.15. The molecule has 3 rings (SSSR count). The second-order valence-electron chi connectivity index (χ2n) is 4.58. The molecule has 1 aromatic heterocycles. The number of carboxylic acid groups (broad SMARTS) is 1. The minimum atomic E-state index is -0.891. The van der Waals surface area contributed by atoms with Gasteiger partial charge in [-0.3, -0.25) is 0 Å². The Kier molecular flexibility index (Phi) is 3.32. The number of halogens is 1. The van der Waals surface area contributed by atoms with Crippen molar-refractivity contribution in [2.24, 2.45) is 0 Å². The highest BCUT2D eigenvalue weighted by Gasteiger charge is 2.10. The Balaban J connectivity index is 2.06. The normalized spacial score (nSPS) is 10.8. The number of benzene rings is 2. The average Bonchev–Trinajstić information content (AvgIpc) is 2.84. The molecule has 3 aromatic rings. The van der Waals surface area contributed by atoms with E-state index in [0.29, 0.717) is 12.1 Å². The maximum atomic E-state index is 11.3. The Hall–Kier alpha value is -2.07. The van der Waals surface area contributed by atoms with E-state index in [1.165, 1.54) is 0 Å². The fourth-order valence-corrected chi connectivity index (χ4v) is 2.86. The summed E-state index contributed by atoms with van der Waals surface area (Å²) in [6, 6.07) is 15.1. The fourth-order valence-electron chi connectivity index (χ4n) is 2.37. The summed E-state index contributed by atoms with van der Waals surface area (Å²) in [6.45, 7) is 0.544. The monoisotopic (exact) mass is 329 g/mol. The van der Waals surface area contributed by atoms with Crippen LogP contribution >= 0.6 is 15.9 Å². The van der Waals surface area contributed by atoms with Gasteiger partial charge in [-0.15, -0.1) is 0 Å². The smallest absolute Gasteiger partial charge is 0.336 e. The molecule has 0 unspecified atom stereocenters. The molecule has 20 heavy (non-hydrogen) atoms. The molecular formula is C16H12BrNO2. The molecule has 0 bridgehead atoms. The van der Waals surface area contributed by atoms with Gasteiger partial charge in [0.15, 0.2) is 0 Å². The highest BCUT2D eigenvalue weighted by molar-refractivity contribution is 9.10. The highest BCUT2D eigenvalue weighted by Crippen LogP contribution is 2.25. The Morgan fingerprint density at radius 1 is 1.10 bits per heavy atom. The van der Waals surface area contributed by atoms with Gasteiger partial charge in [0.1, 0.15) is 0 Å². The first kappa shape index (κ1) is 12.9. The average molecular weight is 330 g/mol. The van der Waals surface area contributed by atoms with Crippen LogP contribution in [0.4, 0.5) is 0 Å². The number of carboxylic acids is 1. The zero-order valence-corrected chi connectivity index (χ0v) is 12.2. The van der Waals surface area contributed by atoms with Crippen molar-refractivity contribution in [3.63, 3.8) is 0 Å². The van der Waals surface area contributed by atoms with Crippen molar-refractivity contribution in [1.82, 2.24) is 4.57 Å². The molecule has 0 fully saturated rings. The lowest BCUT2D eigenvalue weighted by molar-refractivity contribution is 0.0695. The van der Waals surface area contributed by atoms with Gasteiger partial charge in [-0.2, -0.15) is 0 Å². The summed E-state index contributed by atoms with van der Waals surface area (Å²) >= 11 is 3.53. The van der Waals surface area contributed by atoms with Crippen LogP contribution in [0.1, 0.15) is 15.9 Å². The summed E-state index contributed by atoms with van der Waals surface area (Å²) in [5, 5.41) is 10.4. The summed E-state index contributed by atoms with van der Waals surface area (Å²) in [4.78, 5) is 11.3. The Labute approximate surface area is 124 Å². The van der Waals surface area contributed by atoms with Crippen LogP contribution in [0.15, 0.2) is 59.2 Å². The van der Waals surface area contributed by atoms with Crippen molar-refractivity contribution in [1.29, 1.82) is 0 Å². The predicted molar refractivity (Wildman–Crippen MR) is 82.1 cm³/mol. The number of rotatable bonds is 3. The van der Waals surface area contributed by atoms with Gasteiger partial charge in [-0.25, -0.2) is 4.79 Å². The third-order valence-corrected chi connectivity index (χ3v) is 4.04. The summed E-state index contributed by atoms with van der Waals surface area (Å²) < 4.78 is 3.10. The molecule has 4 heteroatoms. The van der Waals surface area contributed by atoms with E-state index in [2.05, 4.69) is 20.5 Å². The Bertz CT molecular complexity index is 792. The molecular weight excluding hydrogens is 318 g/mol. The molecule has 0 aliphatic carbocycles. The summed E-state index contributed by atoms with van der Waals surface area (Å²) in [7, 11) is 0. The van der Waals surface area contributed by atoms with Crippen molar-refractivity contribution >= 4 is 32.8 Å². The highest BCUT2D eigenvalue weighted by atomic mass is 79.9. The first-order valence-electron chi connectivity index (χ1n) is 6.21. The second-order valence-corrected chi connectivity index (χ2v) is 5.43. The molecule has 0 aliphatic rings. The molecule has 3 nitrogen and oxygen atoms in total. The van der Waals surface area contributed by atoms with Crippen LogP contribution in [0.25, 0.3) is 10.9 Å². The molecule has 0 amide bonds. The van der Waals surface area contributed by atoms with Crippen molar-refractivity contribution in [2.75, 3.05) is 0 Å². The zero-order chi connectivity index (χ0) is 14.1. The third-order valence-electron chi connectivity index (χ3n) is 3.35.